The zero-order valence-corrected chi connectivity index (χ0v) is 14.6. The number of halogens is 2. The van der Waals surface area contributed by atoms with Crippen molar-refractivity contribution in [3.63, 3.8) is 0 Å². The van der Waals surface area contributed by atoms with Crippen molar-refractivity contribution in [1.82, 2.24) is 24.7 Å². The van der Waals surface area contributed by atoms with Crippen LogP contribution in [0.1, 0.15) is 12.8 Å². The first-order valence-corrected chi connectivity index (χ1v) is 8.87. The molecule has 1 aliphatic rings. The van der Waals surface area contributed by atoms with E-state index in [1.807, 2.05) is 4.40 Å². The number of anilines is 1. The Morgan fingerprint density at radius 1 is 1.33 bits per heavy atom. The van der Waals surface area contributed by atoms with Crippen LogP contribution in [-0.2, 0) is 0 Å². The maximum atomic E-state index is 12.3. The SMILES string of the molecule is FC(F)COc1ccn2c(-c3cncc(NC4CCCNC4)n3)cnc2c1. The second-order valence-electron chi connectivity index (χ2n) is 6.41. The van der Waals surface area contributed by atoms with Crippen LogP contribution in [0.4, 0.5) is 14.6 Å². The molecule has 2 N–H and O–H groups in total. The molecule has 0 spiro atoms. The average molecular weight is 374 g/mol. The minimum atomic E-state index is -2.51. The van der Waals surface area contributed by atoms with Crippen LogP contribution >= 0.6 is 0 Å². The lowest BCUT2D eigenvalue weighted by Gasteiger charge is -2.24. The van der Waals surface area contributed by atoms with Gasteiger partial charge in [-0.15, -0.1) is 0 Å². The van der Waals surface area contributed by atoms with E-state index in [1.54, 1.807) is 36.9 Å². The monoisotopic (exact) mass is 374 g/mol. The van der Waals surface area contributed by atoms with Gasteiger partial charge in [0.05, 0.1) is 24.3 Å². The number of aromatic nitrogens is 4. The van der Waals surface area contributed by atoms with Gasteiger partial charge in [-0.25, -0.2) is 18.7 Å². The van der Waals surface area contributed by atoms with Gasteiger partial charge in [0.25, 0.3) is 6.43 Å². The van der Waals surface area contributed by atoms with Crippen molar-refractivity contribution in [2.24, 2.45) is 0 Å². The van der Waals surface area contributed by atoms with Crippen LogP contribution < -0.4 is 15.4 Å². The summed E-state index contributed by atoms with van der Waals surface area (Å²) in [7, 11) is 0. The molecule has 3 aromatic heterocycles. The van der Waals surface area contributed by atoms with Crippen molar-refractivity contribution < 1.29 is 13.5 Å². The van der Waals surface area contributed by atoms with Crippen molar-refractivity contribution in [2.75, 3.05) is 25.0 Å². The lowest BCUT2D eigenvalue weighted by Crippen LogP contribution is -2.38. The molecule has 1 saturated heterocycles. The molecule has 4 heterocycles. The number of fused-ring (bicyclic) bond motifs is 1. The predicted octanol–water partition coefficient (Wildman–Crippen LogP) is 2.60. The lowest BCUT2D eigenvalue weighted by molar-refractivity contribution is 0.0819. The summed E-state index contributed by atoms with van der Waals surface area (Å²) in [4.78, 5) is 13.3. The Morgan fingerprint density at radius 3 is 3.07 bits per heavy atom. The van der Waals surface area contributed by atoms with E-state index >= 15 is 0 Å². The van der Waals surface area contributed by atoms with Gasteiger partial charge in [0.15, 0.2) is 0 Å². The predicted molar refractivity (Wildman–Crippen MR) is 97.2 cm³/mol. The molecule has 4 rings (SSSR count). The Morgan fingerprint density at radius 2 is 2.26 bits per heavy atom. The van der Waals surface area contributed by atoms with Crippen LogP contribution in [0.25, 0.3) is 17.0 Å². The number of imidazole rings is 1. The zero-order chi connectivity index (χ0) is 18.6. The van der Waals surface area contributed by atoms with Crippen LogP contribution in [0.15, 0.2) is 36.9 Å². The molecule has 0 aliphatic carbocycles. The van der Waals surface area contributed by atoms with E-state index in [0.717, 1.165) is 31.6 Å². The summed E-state index contributed by atoms with van der Waals surface area (Å²) < 4.78 is 31.5. The molecule has 3 aromatic rings. The highest BCUT2D eigenvalue weighted by Gasteiger charge is 2.15. The molecule has 0 saturated carbocycles. The van der Waals surface area contributed by atoms with E-state index < -0.39 is 13.0 Å². The lowest BCUT2D eigenvalue weighted by atomic mass is 10.1. The fourth-order valence-corrected chi connectivity index (χ4v) is 3.14. The summed E-state index contributed by atoms with van der Waals surface area (Å²) in [6, 6.07) is 3.58. The van der Waals surface area contributed by atoms with Crippen LogP contribution in [0.2, 0.25) is 0 Å². The fraction of sp³-hybridized carbons (Fsp3) is 0.389. The average Bonchev–Trinajstić information content (AvgIpc) is 3.11. The van der Waals surface area contributed by atoms with Crippen molar-refractivity contribution >= 4 is 11.5 Å². The zero-order valence-electron chi connectivity index (χ0n) is 14.6. The Kier molecular flexibility index (Phi) is 5.10. The van der Waals surface area contributed by atoms with Gasteiger partial charge in [0.1, 0.15) is 29.5 Å². The maximum Gasteiger partial charge on any atom is 0.272 e. The Labute approximate surface area is 154 Å². The summed E-state index contributed by atoms with van der Waals surface area (Å²) in [5.74, 6) is 1.07. The smallest absolute Gasteiger partial charge is 0.272 e. The Hall–Kier alpha value is -2.81. The third-order valence-corrected chi connectivity index (χ3v) is 4.41. The summed E-state index contributed by atoms with van der Waals surface area (Å²) in [6.45, 7) is 1.32. The summed E-state index contributed by atoms with van der Waals surface area (Å²) in [5.41, 5.74) is 2.04. The van der Waals surface area contributed by atoms with Crippen molar-refractivity contribution in [3.8, 4) is 17.1 Å². The highest BCUT2D eigenvalue weighted by Crippen LogP contribution is 2.23. The highest BCUT2D eigenvalue weighted by molar-refractivity contribution is 5.61. The number of nitrogens with one attached hydrogen (secondary N) is 2. The number of rotatable bonds is 6. The number of piperidine rings is 1. The van der Waals surface area contributed by atoms with Crippen molar-refractivity contribution in [3.05, 3.63) is 36.9 Å². The van der Waals surface area contributed by atoms with Gasteiger partial charge in [-0.05, 0) is 25.5 Å². The van der Waals surface area contributed by atoms with Gasteiger partial charge in [-0.2, -0.15) is 0 Å². The Bertz CT molecular complexity index is 910. The number of hydrogen-bond acceptors (Lipinski definition) is 6. The van der Waals surface area contributed by atoms with Crippen LogP contribution in [0.5, 0.6) is 5.75 Å². The number of hydrogen-bond donors (Lipinski definition) is 2. The van der Waals surface area contributed by atoms with E-state index in [2.05, 4.69) is 25.6 Å². The fourth-order valence-electron chi connectivity index (χ4n) is 3.14. The van der Waals surface area contributed by atoms with E-state index in [0.29, 0.717) is 29.0 Å². The summed E-state index contributed by atoms with van der Waals surface area (Å²) >= 11 is 0. The van der Waals surface area contributed by atoms with E-state index in [4.69, 9.17) is 4.74 Å². The number of ether oxygens (including phenoxy) is 1. The first kappa shape index (κ1) is 17.6. The molecule has 7 nitrogen and oxygen atoms in total. The molecule has 0 radical (unpaired) electrons. The van der Waals surface area contributed by atoms with Gasteiger partial charge in [-0.3, -0.25) is 9.38 Å². The van der Waals surface area contributed by atoms with Crippen molar-refractivity contribution in [1.29, 1.82) is 0 Å². The van der Waals surface area contributed by atoms with E-state index in [-0.39, 0.29) is 0 Å². The maximum absolute atomic E-state index is 12.3. The Balaban J connectivity index is 1.55. The van der Waals surface area contributed by atoms with Gasteiger partial charge < -0.3 is 15.4 Å². The molecule has 142 valence electrons. The quantitative estimate of drug-likeness (QED) is 0.691. The van der Waals surface area contributed by atoms with Crippen molar-refractivity contribution in [2.45, 2.75) is 25.3 Å². The molecule has 1 atom stereocenters. The standard InChI is InChI=1S/C18H20F2N6O/c19-16(20)11-27-13-3-5-26-15(9-23-18(26)6-13)14-8-22-10-17(25-14)24-12-2-1-4-21-7-12/h3,5-6,8-10,12,16,21H,1-2,4,7,11H2,(H,24,25). The number of nitrogens with zero attached hydrogens (tertiary/aromatic N) is 4. The van der Waals surface area contributed by atoms with Gasteiger partial charge in [-0.1, -0.05) is 0 Å². The molecule has 1 fully saturated rings. The highest BCUT2D eigenvalue weighted by atomic mass is 19.3. The molecular weight excluding hydrogens is 354 g/mol. The second-order valence-corrected chi connectivity index (χ2v) is 6.41. The van der Waals surface area contributed by atoms with E-state index in [1.165, 1.54) is 0 Å². The van der Waals surface area contributed by atoms with Gasteiger partial charge >= 0.3 is 0 Å². The summed E-state index contributed by atoms with van der Waals surface area (Å²) in [6.07, 6.45) is 6.51. The molecule has 9 heteroatoms. The molecule has 0 amide bonds. The third-order valence-electron chi connectivity index (χ3n) is 4.41. The number of alkyl halides is 2. The van der Waals surface area contributed by atoms with Gasteiger partial charge in [0, 0.05) is 24.8 Å². The molecule has 1 unspecified atom stereocenters. The first-order chi connectivity index (χ1) is 13.2. The second kappa shape index (κ2) is 7.83. The topological polar surface area (TPSA) is 76.4 Å². The first-order valence-electron chi connectivity index (χ1n) is 8.87. The molecule has 0 aromatic carbocycles. The van der Waals surface area contributed by atoms with Crippen LogP contribution in [0, 0.1) is 0 Å². The number of pyridine rings is 1. The molecule has 27 heavy (non-hydrogen) atoms. The largest absolute Gasteiger partial charge is 0.487 e. The normalized spacial score (nSPS) is 17.4. The van der Waals surface area contributed by atoms with Crippen LogP contribution in [-0.4, -0.2) is 51.5 Å². The van der Waals surface area contributed by atoms with E-state index in [9.17, 15) is 8.78 Å². The minimum absolute atomic E-state index is 0.333. The third kappa shape index (κ3) is 4.13. The minimum Gasteiger partial charge on any atom is -0.487 e. The van der Waals surface area contributed by atoms with Gasteiger partial charge in [0.2, 0.25) is 0 Å². The molecule has 1 aliphatic heterocycles. The molecular formula is C18H20F2N6O. The molecule has 0 bridgehead atoms. The summed E-state index contributed by atoms with van der Waals surface area (Å²) in [5, 5.41) is 6.77. The van der Waals surface area contributed by atoms with Crippen LogP contribution in [0.3, 0.4) is 0 Å².